The van der Waals surface area contributed by atoms with Crippen molar-refractivity contribution >= 4 is 16.0 Å². The highest BCUT2D eigenvalue weighted by atomic mass is 32.2. The molecule has 0 aromatic heterocycles. The number of carbonyl (C=O) groups is 1. The molecule has 0 saturated heterocycles. The molecule has 0 radical (unpaired) electrons. The number of carbonyl (C=O) groups excluding carboxylic acids is 1. The van der Waals surface area contributed by atoms with E-state index in [4.69, 9.17) is 4.74 Å². The molecule has 156 valence electrons. The molecule has 2 atom stereocenters. The fraction of sp³-hybridized carbons (Fsp3) is 0.500. The number of rotatable bonds is 8. The average molecular weight is 421 g/mol. The summed E-state index contributed by atoms with van der Waals surface area (Å²) in [5.41, 5.74) is 0. The van der Waals surface area contributed by atoms with Gasteiger partial charge in [-0.1, -0.05) is 12.2 Å². The minimum Gasteiger partial charge on any atom is -0.465 e. The Morgan fingerprint density at radius 1 is 1.25 bits per heavy atom. The fourth-order valence-electron chi connectivity index (χ4n) is 2.91. The summed E-state index contributed by atoms with van der Waals surface area (Å²) in [7, 11) is -4.14. The van der Waals surface area contributed by atoms with Crippen molar-refractivity contribution in [2.24, 2.45) is 5.92 Å². The van der Waals surface area contributed by atoms with Gasteiger partial charge in [0.25, 0.3) is 0 Å². The summed E-state index contributed by atoms with van der Waals surface area (Å²) in [6, 6.07) is 2.68. The zero-order chi connectivity index (χ0) is 20.8. The Hall–Kier alpha value is -2.07. The number of nitrogens with one attached hydrogen (secondary N) is 1. The number of alkyl halides is 3. The second kappa shape index (κ2) is 9.42. The van der Waals surface area contributed by atoms with Crippen molar-refractivity contribution in [2.75, 3.05) is 6.61 Å². The molecule has 28 heavy (non-hydrogen) atoms. The zero-order valence-electron chi connectivity index (χ0n) is 15.2. The van der Waals surface area contributed by atoms with E-state index in [1.54, 1.807) is 6.92 Å². The lowest BCUT2D eigenvalue weighted by molar-refractivity contribution is -0.274. The van der Waals surface area contributed by atoms with Gasteiger partial charge in [0.2, 0.25) is 10.0 Å². The number of ether oxygens (including phenoxy) is 2. The molecule has 0 unspecified atom stereocenters. The SMILES string of the molecule is CCOC(=O)[C@H](C[C@H]1CC=CCC1)NS(=O)(=O)c1ccc(OC(F)(F)F)cc1. The standard InChI is InChI=1S/C18H22F3NO5S/c1-2-26-17(23)16(12-13-6-4-3-5-7-13)22-28(24,25)15-10-8-14(9-11-15)27-18(19,20)21/h3-4,8-11,13,16,22H,2,5-7,12H2,1H3/t13-,16-/m0/s1. The average Bonchev–Trinajstić information content (AvgIpc) is 2.61. The van der Waals surface area contributed by atoms with Crippen molar-refractivity contribution in [3.05, 3.63) is 36.4 Å². The van der Waals surface area contributed by atoms with E-state index in [2.05, 4.69) is 9.46 Å². The smallest absolute Gasteiger partial charge is 0.465 e. The van der Waals surface area contributed by atoms with E-state index in [0.717, 1.165) is 43.5 Å². The lowest BCUT2D eigenvalue weighted by Crippen LogP contribution is -2.43. The molecular formula is C18H22F3NO5S. The first-order chi connectivity index (χ1) is 13.1. The van der Waals surface area contributed by atoms with Crippen molar-refractivity contribution in [1.82, 2.24) is 4.72 Å². The Morgan fingerprint density at radius 2 is 1.93 bits per heavy atom. The van der Waals surface area contributed by atoms with Gasteiger partial charge in [0.15, 0.2) is 0 Å². The van der Waals surface area contributed by atoms with Crippen LogP contribution in [0, 0.1) is 5.92 Å². The van der Waals surface area contributed by atoms with E-state index in [1.807, 2.05) is 12.2 Å². The number of hydrogen-bond donors (Lipinski definition) is 1. The predicted molar refractivity (Wildman–Crippen MR) is 95.0 cm³/mol. The maximum Gasteiger partial charge on any atom is 0.573 e. The summed E-state index contributed by atoms with van der Waals surface area (Å²) in [6.45, 7) is 1.72. The van der Waals surface area contributed by atoms with E-state index >= 15 is 0 Å². The molecule has 0 fully saturated rings. The van der Waals surface area contributed by atoms with Crippen LogP contribution in [0.2, 0.25) is 0 Å². The lowest BCUT2D eigenvalue weighted by atomic mass is 9.89. The van der Waals surface area contributed by atoms with Gasteiger partial charge in [0, 0.05) is 0 Å². The number of allylic oxidation sites excluding steroid dienone is 2. The van der Waals surface area contributed by atoms with E-state index in [1.165, 1.54) is 0 Å². The molecule has 0 heterocycles. The molecule has 0 spiro atoms. The van der Waals surface area contributed by atoms with Gasteiger partial charge < -0.3 is 9.47 Å². The first-order valence-electron chi connectivity index (χ1n) is 8.80. The summed E-state index contributed by atoms with van der Waals surface area (Å²) < 4.78 is 72.9. The molecule has 10 heteroatoms. The normalized spacial score (nSPS) is 18.5. The minimum absolute atomic E-state index is 0.102. The van der Waals surface area contributed by atoms with Crippen molar-refractivity contribution in [2.45, 2.75) is 49.9 Å². The van der Waals surface area contributed by atoms with Gasteiger partial charge in [-0.15, -0.1) is 13.2 Å². The molecule has 0 amide bonds. The van der Waals surface area contributed by atoms with Gasteiger partial charge in [-0.2, -0.15) is 4.72 Å². The van der Waals surface area contributed by atoms with Gasteiger partial charge in [0.05, 0.1) is 11.5 Å². The molecule has 1 N–H and O–H groups in total. The van der Waals surface area contributed by atoms with Crippen LogP contribution in [-0.2, 0) is 19.6 Å². The number of esters is 1. The van der Waals surface area contributed by atoms with Crippen LogP contribution in [0.4, 0.5) is 13.2 Å². The van der Waals surface area contributed by atoms with Gasteiger partial charge in [-0.25, -0.2) is 8.42 Å². The van der Waals surface area contributed by atoms with Crippen LogP contribution in [0.3, 0.4) is 0 Å². The third-order valence-electron chi connectivity index (χ3n) is 4.18. The van der Waals surface area contributed by atoms with E-state index in [9.17, 15) is 26.4 Å². The first kappa shape index (κ1) is 22.2. The molecule has 1 aromatic carbocycles. The highest BCUT2D eigenvalue weighted by Crippen LogP contribution is 2.26. The van der Waals surface area contributed by atoms with Crippen LogP contribution >= 0.6 is 0 Å². The van der Waals surface area contributed by atoms with Crippen molar-refractivity contribution in [3.8, 4) is 5.75 Å². The van der Waals surface area contributed by atoms with E-state index in [0.29, 0.717) is 0 Å². The van der Waals surface area contributed by atoms with Crippen LogP contribution in [0.1, 0.15) is 32.6 Å². The summed E-state index contributed by atoms with van der Waals surface area (Å²) in [5.74, 6) is -1.09. The monoisotopic (exact) mass is 421 g/mol. The largest absolute Gasteiger partial charge is 0.573 e. The number of halogens is 3. The van der Waals surface area contributed by atoms with Crippen molar-refractivity contribution < 1.29 is 35.9 Å². The summed E-state index contributed by atoms with van der Waals surface area (Å²) in [6.07, 6.45) is 1.85. The number of hydrogen-bond acceptors (Lipinski definition) is 5. The Balaban J connectivity index is 2.14. The molecule has 1 aromatic rings. The third kappa shape index (κ3) is 6.83. The van der Waals surface area contributed by atoms with E-state index < -0.39 is 34.1 Å². The topological polar surface area (TPSA) is 81.7 Å². The highest BCUT2D eigenvalue weighted by molar-refractivity contribution is 7.89. The molecule has 6 nitrogen and oxygen atoms in total. The van der Waals surface area contributed by atoms with Gasteiger partial charge in [-0.05, 0) is 62.8 Å². The van der Waals surface area contributed by atoms with Crippen molar-refractivity contribution in [3.63, 3.8) is 0 Å². The van der Waals surface area contributed by atoms with Crippen LogP contribution in [0.25, 0.3) is 0 Å². The minimum atomic E-state index is -4.87. The maximum absolute atomic E-state index is 12.6. The van der Waals surface area contributed by atoms with Gasteiger partial charge in [-0.3, -0.25) is 4.79 Å². The van der Waals surface area contributed by atoms with Crippen LogP contribution in [-0.4, -0.2) is 33.4 Å². The Kier molecular flexibility index (Phi) is 7.48. The molecule has 1 aliphatic rings. The Labute approximate surface area is 161 Å². The van der Waals surface area contributed by atoms with Crippen molar-refractivity contribution in [1.29, 1.82) is 0 Å². The second-order valence-corrected chi connectivity index (χ2v) is 8.05. The van der Waals surface area contributed by atoms with Gasteiger partial charge >= 0.3 is 12.3 Å². The summed E-state index contributed by atoms with van der Waals surface area (Å²) in [4.78, 5) is 11.9. The molecule has 0 aliphatic heterocycles. The Morgan fingerprint density at radius 3 is 2.46 bits per heavy atom. The van der Waals surface area contributed by atoms with E-state index in [-0.39, 0.29) is 23.8 Å². The zero-order valence-corrected chi connectivity index (χ0v) is 16.1. The van der Waals surface area contributed by atoms with Crippen LogP contribution in [0.15, 0.2) is 41.3 Å². The predicted octanol–water partition coefficient (Wildman–Crippen LogP) is 3.54. The summed E-state index contributed by atoms with van der Waals surface area (Å²) >= 11 is 0. The maximum atomic E-state index is 12.6. The number of sulfonamides is 1. The van der Waals surface area contributed by atoms with Crippen LogP contribution < -0.4 is 9.46 Å². The fourth-order valence-corrected chi connectivity index (χ4v) is 4.11. The molecule has 0 saturated carbocycles. The summed E-state index contributed by atoms with van der Waals surface area (Å²) in [5, 5.41) is 0. The van der Waals surface area contributed by atoms with Crippen LogP contribution in [0.5, 0.6) is 5.75 Å². The molecule has 2 rings (SSSR count). The lowest BCUT2D eigenvalue weighted by Gasteiger charge is -2.24. The first-order valence-corrected chi connectivity index (χ1v) is 10.3. The second-order valence-electron chi connectivity index (χ2n) is 6.33. The quantitative estimate of drug-likeness (QED) is 0.513. The molecule has 1 aliphatic carbocycles. The number of benzene rings is 1. The molecular weight excluding hydrogens is 399 g/mol. The Bertz CT molecular complexity index is 790. The highest BCUT2D eigenvalue weighted by Gasteiger charge is 2.32. The third-order valence-corrected chi connectivity index (χ3v) is 5.67. The molecule has 0 bridgehead atoms. The van der Waals surface area contributed by atoms with Gasteiger partial charge in [0.1, 0.15) is 11.8 Å².